The number of nitrogens with one attached hydrogen (secondary N) is 2. The van der Waals surface area contributed by atoms with Gasteiger partial charge in [0, 0.05) is 19.1 Å². The molecule has 24 heavy (non-hydrogen) atoms. The first-order valence-corrected chi connectivity index (χ1v) is 8.30. The van der Waals surface area contributed by atoms with E-state index in [-0.39, 0.29) is 30.7 Å². The third-order valence-electron chi connectivity index (χ3n) is 4.21. The average Bonchev–Trinajstić information content (AvgIpc) is 3.29. The maximum Gasteiger partial charge on any atom is 0.234 e. The first kappa shape index (κ1) is 23.2. The second-order valence-electron chi connectivity index (χ2n) is 6.68. The predicted octanol–water partition coefficient (Wildman–Crippen LogP) is 2.99. The van der Waals surface area contributed by atoms with Gasteiger partial charge in [0.05, 0.1) is 6.54 Å². The summed E-state index contributed by atoms with van der Waals surface area (Å²) in [5.41, 5.74) is 2.44. The van der Waals surface area contributed by atoms with Crippen molar-refractivity contribution in [3.05, 3.63) is 35.4 Å². The summed E-state index contributed by atoms with van der Waals surface area (Å²) in [5, 5.41) is 6.20. The van der Waals surface area contributed by atoms with Gasteiger partial charge < -0.3 is 10.6 Å². The molecule has 4 nitrogen and oxygen atoms in total. The minimum atomic E-state index is 0. The third kappa shape index (κ3) is 8.88. The highest BCUT2D eigenvalue weighted by Gasteiger charge is 2.20. The highest BCUT2D eigenvalue weighted by Crippen LogP contribution is 2.27. The number of carbonyl (C=O) groups is 1. The number of nitrogens with zero attached hydrogens (tertiary/aromatic N) is 1. The lowest BCUT2D eigenvalue weighted by Gasteiger charge is -2.21. The number of hydrogen-bond acceptors (Lipinski definition) is 3. The molecule has 1 saturated carbocycles. The monoisotopic (exact) mass is 375 g/mol. The Balaban J connectivity index is 0.00000264. The van der Waals surface area contributed by atoms with E-state index in [1.807, 2.05) is 0 Å². The summed E-state index contributed by atoms with van der Waals surface area (Å²) in [6.45, 7) is 7.32. The van der Waals surface area contributed by atoms with E-state index >= 15 is 0 Å². The lowest BCUT2D eigenvalue weighted by Crippen LogP contribution is -2.34. The molecule has 0 spiro atoms. The molecule has 1 aliphatic carbocycles. The van der Waals surface area contributed by atoms with Crippen LogP contribution in [-0.4, -0.2) is 37.0 Å². The molecule has 0 radical (unpaired) electrons. The van der Waals surface area contributed by atoms with E-state index in [0.29, 0.717) is 19.1 Å². The number of halogens is 2. The van der Waals surface area contributed by atoms with E-state index in [1.165, 1.54) is 18.4 Å². The Labute approximate surface area is 158 Å². The van der Waals surface area contributed by atoms with Crippen molar-refractivity contribution in [2.75, 3.05) is 20.1 Å². The topological polar surface area (TPSA) is 44.4 Å². The highest BCUT2D eigenvalue weighted by molar-refractivity contribution is 5.85. The molecular formula is C18H31Cl2N3O. The molecule has 1 aromatic rings. The van der Waals surface area contributed by atoms with Gasteiger partial charge in [-0.15, -0.1) is 24.8 Å². The Hall–Kier alpha value is -0.810. The average molecular weight is 376 g/mol. The first-order valence-electron chi connectivity index (χ1n) is 8.30. The van der Waals surface area contributed by atoms with Crippen LogP contribution < -0.4 is 10.6 Å². The van der Waals surface area contributed by atoms with Crippen molar-refractivity contribution >= 4 is 30.7 Å². The Bertz CT molecular complexity index is 493. The molecule has 0 heterocycles. The maximum absolute atomic E-state index is 11.8. The summed E-state index contributed by atoms with van der Waals surface area (Å²) in [6.07, 6.45) is 2.62. The molecule has 1 aliphatic rings. The molecular weight excluding hydrogens is 345 g/mol. The Morgan fingerprint density at radius 2 is 1.92 bits per heavy atom. The number of hydrogen-bond donors (Lipinski definition) is 2. The lowest BCUT2D eigenvalue weighted by molar-refractivity contribution is -0.120. The summed E-state index contributed by atoms with van der Waals surface area (Å²) in [4.78, 5) is 14.1. The number of amides is 1. The van der Waals surface area contributed by atoms with E-state index in [9.17, 15) is 4.79 Å². The van der Waals surface area contributed by atoms with Gasteiger partial charge in [-0.1, -0.05) is 24.3 Å². The van der Waals surface area contributed by atoms with Crippen LogP contribution in [-0.2, 0) is 17.9 Å². The van der Waals surface area contributed by atoms with Gasteiger partial charge in [-0.05, 0) is 57.3 Å². The summed E-state index contributed by atoms with van der Waals surface area (Å²) in [5.74, 6) is 0.882. The quantitative estimate of drug-likeness (QED) is 0.697. The molecule has 0 aromatic heterocycles. The molecule has 0 saturated heterocycles. The third-order valence-corrected chi connectivity index (χ3v) is 4.21. The molecule has 2 rings (SSSR count). The van der Waals surface area contributed by atoms with Gasteiger partial charge in [0.2, 0.25) is 5.91 Å². The Kier molecular flexibility index (Phi) is 11.3. The molecule has 0 aliphatic heterocycles. The summed E-state index contributed by atoms with van der Waals surface area (Å²) < 4.78 is 0. The predicted molar refractivity (Wildman–Crippen MR) is 105 cm³/mol. The van der Waals surface area contributed by atoms with Crippen molar-refractivity contribution in [1.82, 2.24) is 15.5 Å². The second-order valence-corrected chi connectivity index (χ2v) is 6.68. The van der Waals surface area contributed by atoms with E-state index in [0.717, 1.165) is 24.6 Å². The van der Waals surface area contributed by atoms with Gasteiger partial charge in [0.15, 0.2) is 0 Å². The van der Waals surface area contributed by atoms with Gasteiger partial charge in [0.1, 0.15) is 0 Å². The number of rotatable bonds is 9. The van der Waals surface area contributed by atoms with Gasteiger partial charge >= 0.3 is 0 Å². The van der Waals surface area contributed by atoms with Crippen LogP contribution in [0.3, 0.4) is 0 Å². The number of benzene rings is 1. The zero-order valence-electron chi connectivity index (χ0n) is 14.9. The van der Waals surface area contributed by atoms with Crippen molar-refractivity contribution in [3.8, 4) is 0 Å². The van der Waals surface area contributed by atoms with Crippen molar-refractivity contribution in [1.29, 1.82) is 0 Å². The molecule has 1 aromatic carbocycles. The maximum atomic E-state index is 11.8. The first-order chi connectivity index (χ1) is 10.5. The molecule has 138 valence electrons. The standard InChI is InChI=1S/C18H29N3O.2ClH/c1-14(2)21(3)13-17-6-4-5-16(9-17)11-20-18(22)12-19-10-15-7-8-15;;/h4-6,9,14-15,19H,7-8,10-13H2,1-3H3,(H,20,22);2*1H. The minimum Gasteiger partial charge on any atom is -0.351 e. The van der Waals surface area contributed by atoms with E-state index in [2.05, 4.69) is 60.7 Å². The normalized spacial score (nSPS) is 13.4. The van der Waals surface area contributed by atoms with Crippen molar-refractivity contribution < 1.29 is 4.79 Å². The number of carbonyl (C=O) groups excluding carboxylic acids is 1. The van der Waals surface area contributed by atoms with Crippen molar-refractivity contribution in [3.63, 3.8) is 0 Å². The molecule has 1 fully saturated rings. The van der Waals surface area contributed by atoms with Crippen LogP contribution in [0.2, 0.25) is 0 Å². The molecule has 0 atom stereocenters. The molecule has 1 amide bonds. The molecule has 0 bridgehead atoms. The van der Waals surface area contributed by atoms with Crippen LogP contribution in [0, 0.1) is 5.92 Å². The van der Waals surface area contributed by atoms with Crippen LogP contribution in [0.1, 0.15) is 37.8 Å². The lowest BCUT2D eigenvalue weighted by atomic mass is 10.1. The summed E-state index contributed by atoms with van der Waals surface area (Å²) >= 11 is 0. The smallest absolute Gasteiger partial charge is 0.234 e. The van der Waals surface area contributed by atoms with E-state index < -0.39 is 0 Å². The van der Waals surface area contributed by atoms with Crippen molar-refractivity contribution in [2.45, 2.75) is 45.8 Å². The summed E-state index contributed by atoms with van der Waals surface area (Å²) in [7, 11) is 2.13. The largest absolute Gasteiger partial charge is 0.351 e. The molecule has 2 N–H and O–H groups in total. The summed E-state index contributed by atoms with van der Waals surface area (Å²) in [6, 6.07) is 8.98. The fraction of sp³-hybridized carbons (Fsp3) is 0.611. The van der Waals surface area contributed by atoms with E-state index in [4.69, 9.17) is 0 Å². The fourth-order valence-corrected chi connectivity index (χ4v) is 2.28. The minimum absolute atomic E-state index is 0. The van der Waals surface area contributed by atoms with Crippen LogP contribution in [0.4, 0.5) is 0 Å². The van der Waals surface area contributed by atoms with Crippen LogP contribution >= 0.6 is 24.8 Å². The zero-order chi connectivity index (χ0) is 15.9. The zero-order valence-corrected chi connectivity index (χ0v) is 16.5. The molecule has 0 unspecified atom stereocenters. The van der Waals surface area contributed by atoms with Crippen LogP contribution in [0.15, 0.2) is 24.3 Å². The SMILES string of the molecule is CC(C)N(C)Cc1cccc(CNC(=O)CNCC2CC2)c1.Cl.Cl. The Morgan fingerprint density at radius 3 is 2.54 bits per heavy atom. The van der Waals surface area contributed by atoms with Gasteiger partial charge in [-0.2, -0.15) is 0 Å². The van der Waals surface area contributed by atoms with Gasteiger partial charge in [-0.3, -0.25) is 9.69 Å². The Morgan fingerprint density at radius 1 is 1.25 bits per heavy atom. The van der Waals surface area contributed by atoms with Gasteiger partial charge in [-0.25, -0.2) is 0 Å². The van der Waals surface area contributed by atoms with E-state index in [1.54, 1.807) is 0 Å². The second kappa shape index (κ2) is 11.7. The van der Waals surface area contributed by atoms with Crippen LogP contribution in [0.25, 0.3) is 0 Å². The van der Waals surface area contributed by atoms with Gasteiger partial charge in [0.25, 0.3) is 0 Å². The van der Waals surface area contributed by atoms with Crippen molar-refractivity contribution in [2.24, 2.45) is 5.92 Å². The van der Waals surface area contributed by atoms with Crippen LogP contribution in [0.5, 0.6) is 0 Å². The highest BCUT2D eigenvalue weighted by atomic mass is 35.5. The fourth-order valence-electron chi connectivity index (χ4n) is 2.28. The molecule has 6 heteroatoms.